The predicted octanol–water partition coefficient (Wildman–Crippen LogP) is 3.13. The summed E-state index contributed by atoms with van der Waals surface area (Å²) in [5, 5.41) is 2.69. The fourth-order valence-corrected chi connectivity index (χ4v) is 7.68. The van der Waals surface area contributed by atoms with Gasteiger partial charge in [-0.1, -0.05) is 12.1 Å². The quantitative estimate of drug-likeness (QED) is 0.327. The predicted molar refractivity (Wildman–Crippen MR) is 162 cm³/mol. The molecule has 2 N–H and O–H groups in total. The zero-order valence-corrected chi connectivity index (χ0v) is 25.3. The number of benzene rings is 3. The van der Waals surface area contributed by atoms with E-state index in [1.165, 1.54) is 41.7 Å². The summed E-state index contributed by atoms with van der Waals surface area (Å²) in [7, 11) is -6.25. The van der Waals surface area contributed by atoms with E-state index in [2.05, 4.69) is 10.0 Å². The first-order valence-electron chi connectivity index (χ1n) is 13.8. The van der Waals surface area contributed by atoms with Crippen molar-refractivity contribution in [3.05, 3.63) is 66.7 Å². The summed E-state index contributed by atoms with van der Waals surface area (Å²) < 4.78 is 72.9. The second kappa shape index (κ2) is 13.2. The largest absolute Gasteiger partial charge is 0.495 e. The van der Waals surface area contributed by atoms with Gasteiger partial charge >= 0.3 is 0 Å². The van der Waals surface area contributed by atoms with E-state index in [-0.39, 0.29) is 22.1 Å². The van der Waals surface area contributed by atoms with Crippen LogP contribution in [0.4, 0.5) is 17.1 Å². The van der Waals surface area contributed by atoms with Crippen LogP contribution in [-0.4, -0.2) is 80.2 Å². The number of carbonyl (C=O) groups excluding carboxylic acids is 1. The van der Waals surface area contributed by atoms with Crippen molar-refractivity contribution in [1.82, 2.24) is 4.31 Å². The van der Waals surface area contributed by atoms with Crippen molar-refractivity contribution in [2.45, 2.75) is 22.6 Å². The molecule has 0 aliphatic carbocycles. The van der Waals surface area contributed by atoms with Crippen LogP contribution in [0.15, 0.2) is 76.5 Å². The Morgan fingerprint density at radius 3 is 2.30 bits per heavy atom. The highest BCUT2D eigenvalue weighted by molar-refractivity contribution is 7.93. The smallest absolute Gasteiger partial charge is 0.264 e. The van der Waals surface area contributed by atoms with Gasteiger partial charge in [0.25, 0.3) is 15.9 Å². The normalized spacial score (nSPS) is 16.1. The van der Waals surface area contributed by atoms with Gasteiger partial charge in [-0.05, 0) is 67.4 Å². The molecule has 3 aromatic rings. The van der Waals surface area contributed by atoms with Gasteiger partial charge < -0.3 is 24.4 Å². The summed E-state index contributed by atoms with van der Waals surface area (Å²) in [4.78, 5) is 14.9. The van der Waals surface area contributed by atoms with Gasteiger partial charge in [0.2, 0.25) is 10.0 Å². The molecular formula is C29H34N4O8S2. The summed E-state index contributed by atoms with van der Waals surface area (Å²) >= 11 is 0. The average molecular weight is 631 g/mol. The molecule has 14 heteroatoms. The third kappa shape index (κ3) is 7.21. The van der Waals surface area contributed by atoms with Crippen molar-refractivity contribution in [1.29, 1.82) is 0 Å². The number of sulfonamides is 2. The molecule has 0 aromatic heterocycles. The third-order valence-corrected chi connectivity index (χ3v) is 10.4. The van der Waals surface area contributed by atoms with Crippen LogP contribution in [0.25, 0.3) is 0 Å². The maximum atomic E-state index is 13.6. The number of ether oxygens (including phenoxy) is 3. The molecule has 2 aliphatic heterocycles. The topological polar surface area (TPSA) is 144 Å². The van der Waals surface area contributed by atoms with Gasteiger partial charge in [0.05, 0.1) is 36.6 Å². The molecule has 43 heavy (non-hydrogen) atoms. The highest BCUT2D eigenvalue weighted by atomic mass is 32.2. The zero-order valence-electron chi connectivity index (χ0n) is 23.7. The lowest BCUT2D eigenvalue weighted by atomic mass is 10.2. The van der Waals surface area contributed by atoms with Gasteiger partial charge in [-0.15, -0.1) is 0 Å². The summed E-state index contributed by atoms with van der Waals surface area (Å²) in [5.41, 5.74) is 1.12. The van der Waals surface area contributed by atoms with Crippen LogP contribution in [0.5, 0.6) is 11.5 Å². The van der Waals surface area contributed by atoms with Gasteiger partial charge in [-0.3, -0.25) is 9.52 Å². The lowest BCUT2D eigenvalue weighted by molar-refractivity contribution is -0.118. The van der Waals surface area contributed by atoms with Crippen molar-refractivity contribution >= 4 is 43.0 Å². The Balaban J connectivity index is 1.28. The number of morpholine rings is 1. The fraction of sp³-hybridized carbons (Fsp3) is 0.345. The Kier molecular flexibility index (Phi) is 9.40. The molecule has 2 fully saturated rings. The maximum Gasteiger partial charge on any atom is 0.264 e. The Labute approximate surface area is 251 Å². The maximum absolute atomic E-state index is 13.6. The van der Waals surface area contributed by atoms with E-state index in [0.29, 0.717) is 49.2 Å². The van der Waals surface area contributed by atoms with E-state index in [4.69, 9.17) is 14.2 Å². The number of nitrogens with one attached hydrogen (secondary N) is 2. The molecule has 3 aromatic carbocycles. The molecule has 1 amide bonds. The van der Waals surface area contributed by atoms with E-state index in [0.717, 1.165) is 25.9 Å². The number of amides is 1. The Morgan fingerprint density at radius 1 is 0.907 bits per heavy atom. The van der Waals surface area contributed by atoms with E-state index in [1.807, 2.05) is 4.90 Å². The second-order valence-corrected chi connectivity index (χ2v) is 13.6. The highest BCUT2D eigenvalue weighted by Gasteiger charge is 2.27. The number of rotatable bonds is 11. The molecule has 2 saturated heterocycles. The van der Waals surface area contributed by atoms with Gasteiger partial charge in [0.1, 0.15) is 16.4 Å². The van der Waals surface area contributed by atoms with Crippen molar-refractivity contribution in [3.8, 4) is 11.5 Å². The summed E-state index contributed by atoms with van der Waals surface area (Å²) in [6.45, 7) is 2.36. The van der Waals surface area contributed by atoms with Crippen LogP contribution < -0.4 is 24.4 Å². The van der Waals surface area contributed by atoms with Crippen LogP contribution in [-0.2, 0) is 29.6 Å². The number of hydrogen-bond donors (Lipinski definition) is 2. The first-order valence-corrected chi connectivity index (χ1v) is 16.8. The number of anilines is 3. The van der Waals surface area contributed by atoms with Crippen LogP contribution >= 0.6 is 0 Å². The molecule has 0 spiro atoms. The van der Waals surface area contributed by atoms with Crippen molar-refractivity contribution in [3.63, 3.8) is 0 Å². The lowest BCUT2D eigenvalue weighted by Gasteiger charge is -2.26. The minimum absolute atomic E-state index is 0.0242. The molecule has 0 atom stereocenters. The average Bonchev–Trinajstić information content (AvgIpc) is 3.56. The Hall–Kier alpha value is -3.85. The Morgan fingerprint density at radius 2 is 1.60 bits per heavy atom. The van der Waals surface area contributed by atoms with Gasteiger partial charge in [-0.2, -0.15) is 4.31 Å². The van der Waals surface area contributed by atoms with Crippen molar-refractivity contribution in [2.75, 3.05) is 68.0 Å². The van der Waals surface area contributed by atoms with E-state index >= 15 is 0 Å². The first-order chi connectivity index (χ1) is 20.7. The molecule has 2 aliphatic rings. The minimum atomic E-state index is -4.07. The summed E-state index contributed by atoms with van der Waals surface area (Å²) in [6.07, 6.45) is 1.91. The molecule has 12 nitrogen and oxygen atoms in total. The van der Waals surface area contributed by atoms with Crippen LogP contribution in [0.1, 0.15) is 12.8 Å². The van der Waals surface area contributed by atoms with Crippen molar-refractivity contribution < 1.29 is 35.8 Å². The number of carbonyl (C=O) groups is 1. The standard InChI is InChI=1S/C29H34N4O8S2/c1-39-27-7-3-2-6-25(27)31-42(35,36)28-20-22(8-13-26(28)32-14-4-5-15-32)30-29(34)21-41-23-9-11-24(12-10-23)43(37,38)33-16-18-40-19-17-33/h2-3,6-13,20,31H,4-5,14-19,21H2,1H3,(H,30,34). The zero-order chi connectivity index (χ0) is 30.5. The van der Waals surface area contributed by atoms with E-state index < -0.39 is 26.0 Å². The molecule has 0 bridgehead atoms. The minimum Gasteiger partial charge on any atom is -0.495 e. The monoisotopic (exact) mass is 630 g/mol. The number of nitrogens with zero attached hydrogens (tertiary/aromatic N) is 2. The molecule has 5 rings (SSSR count). The molecule has 230 valence electrons. The van der Waals surface area contributed by atoms with Crippen LogP contribution in [0, 0.1) is 0 Å². The van der Waals surface area contributed by atoms with Crippen LogP contribution in [0.2, 0.25) is 0 Å². The van der Waals surface area contributed by atoms with E-state index in [9.17, 15) is 21.6 Å². The SMILES string of the molecule is COc1ccccc1NS(=O)(=O)c1cc(NC(=O)COc2ccc(S(=O)(=O)N3CCOCC3)cc2)ccc1N1CCCC1. The fourth-order valence-electron chi connectivity index (χ4n) is 4.94. The molecule has 0 saturated carbocycles. The van der Waals surface area contributed by atoms with Gasteiger partial charge in [-0.25, -0.2) is 16.8 Å². The molecule has 2 heterocycles. The van der Waals surface area contributed by atoms with Crippen LogP contribution in [0.3, 0.4) is 0 Å². The molecule has 0 radical (unpaired) electrons. The van der Waals surface area contributed by atoms with Gasteiger partial charge in [0.15, 0.2) is 6.61 Å². The van der Waals surface area contributed by atoms with E-state index in [1.54, 1.807) is 36.4 Å². The number of methoxy groups -OCH3 is 1. The number of para-hydroxylation sites is 2. The summed E-state index contributed by atoms with van der Waals surface area (Å²) in [6, 6.07) is 17.3. The third-order valence-electron chi connectivity index (χ3n) is 7.13. The van der Waals surface area contributed by atoms with Crippen molar-refractivity contribution in [2.24, 2.45) is 0 Å². The number of hydrogen-bond acceptors (Lipinski definition) is 9. The lowest BCUT2D eigenvalue weighted by Crippen LogP contribution is -2.40. The molecule has 0 unspecified atom stereocenters. The second-order valence-electron chi connectivity index (χ2n) is 10.0. The molecular weight excluding hydrogens is 596 g/mol. The first kappa shape index (κ1) is 30.6. The van der Waals surface area contributed by atoms with Gasteiger partial charge in [0, 0.05) is 31.9 Å². The Bertz CT molecular complexity index is 1650. The highest BCUT2D eigenvalue weighted by Crippen LogP contribution is 2.34. The summed E-state index contributed by atoms with van der Waals surface area (Å²) in [5.74, 6) is 0.173.